The lowest BCUT2D eigenvalue weighted by molar-refractivity contribution is -0.279. The number of carbonyl (C=O) groups is 1. The standard InChI is InChI=1S/C24H31NO2.C6H10O7/c1-2-3-4-5-6-7-8-9-10-11-12-19-13-15-21-23(17-19)27-24-18-20(26)14-16-22(24)25-21;7-1-2(8)4(5(10)11)13-6(12)3(1)9/h13-18H,2-12H2,1H3;1-4,6-9,12H,(H,10,11)/t;1-,2-,3+,4-,6?/m.0/s1. The average Bonchev–Trinajstić information content (AvgIpc) is 2.94. The molecule has 0 aromatic heterocycles. The van der Waals surface area contributed by atoms with Crippen LogP contribution in [0.3, 0.4) is 0 Å². The fourth-order valence-electron chi connectivity index (χ4n) is 4.69. The summed E-state index contributed by atoms with van der Waals surface area (Å²) in [6, 6.07) is 11.0. The number of fused-ring (bicyclic) bond motifs is 2. The molecule has 1 aliphatic carbocycles. The Morgan fingerprint density at radius 2 is 1.48 bits per heavy atom. The summed E-state index contributed by atoms with van der Waals surface area (Å²) in [5, 5.41) is 44.4. The smallest absolute Gasteiger partial charge is 0.335 e. The number of hydrogen-bond donors (Lipinski definition) is 5. The van der Waals surface area contributed by atoms with Crippen molar-refractivity contribution in [1.82, 2.24) is 4.98 Å². The maximum atomic E-state index is 11.5. The van der Waals surface area contributed by atoms with Gasteiger partial charge in [0.2, 0.25) is 0 Å². The number of benzene rings is 2. The molecule has 2 heterocycles. The first-order valence-corrected chi connectivity index (χ1v) is 14.2. The van der Waals surface area contributed by atoms with E-state index in [0.29, 0.717) is 5.76 Å². The highest BCUT2D eigenvalue weighted by Crippen LogP contribution is 2.25. The van der Waals surface area contributed by atoms with Crippen molar-refractivity contribution in [2.45, 2.75) is 108 Å². The Hall–Kier alpha value is -2.89. The molecule has 5 atom stereocenters. The number of nitrogens with zero attached hydrogens (tertiary/aromatic N) is 1. The van der Waals surface area contributed by atoms with Crippen LogP contribution in [0.4, 0.5) is 0 Å². The van der Waals surface area contributed by atoms with Gasteiger partial charge in [-0.3, -0.25) is 4.79 Å². The first kappa shape index (κ1) is 31.6. The molecule has 0 spiro atoms. The van der Waals surface area contributed by atoms with E-state index < -0.39 is 36.7 Å². The Morgan fingerprint density at radius 1 is 0.825 bits per heavy atom. The Bertz CT molecular complexity index is 1230. The number of aromatic nitrogens is 1. The van der Waals surface area contributed by atoms with Gasteiger partial charge in [-0.25, -0.2) is 9.78 Å². The highest BCUT2D eigenvalue weighted by molar-refractivity contribution is 5.76. The molecule has 1 aromatic carbocycles. The second-order valence-corrected chi connectivity index (χ2v) is 10.3. The molecule has 5 N–H and O–H groups in total. The molecule has 1 saturated heterocycles. The second-order valence-electron chi connectivity index (χ2n) is 10.3. The zero-order chi connectivity index (χ0) is 29.1. The average molecular weight is 560 g/mol. The molecule has 40 heavy (non-hydrogen) atoms. The minimum absolute atomic E-state index is 0.0473. The van der Waals surface area contributed by atoms with Gasteiger partial charge in [-0.15, -0.1) is 0 Å². The molecule has 3 aliphatic rings. The van der Waals surface area contributed by atoms with Gasteiger partial charge in [-0.2, -0.15) is 0 Å². The van der Waals surface area contributed by atoms with Crippen LogP contribution in [-0.4, -0.2) is 67.2 Å². The molecule has 0 amide bonds. The van der Waals surface area contributed by atoms with E-state index in [1.807, 2.05) is 6.07 Å². The normalized spacial score (nSPS) is 22.7. The van der Waals surface area contributed by atoms with E-state index in [1.54, 1.807) is 6.07 Å². The van der Waals surface area contributed by atoms with Crippen LogP contribution in [0.25, 0.3) is 22.6 Å². The monoisotopic (exact) mass is 559 g/mol. The van der Waals surface area contributed by atoms with Crippen LogP contribution in [0.2, 0.25) is 0 Å². The van der Waals surface area contributed by atoms with Gasteiger partial charge in [0.15, 0.2) is 29.2 Å². The topological polar surface area (TPSA) is 171 Å². The molecule has 0 saturated carbocycles. The van der Waals surface area contributed by atoms with Crippen molar-refractivity contribution in [3.05, 3.63) is 52.2 Å². The minimum atomic E-state index is -1.81. The Morgan fingerprint density at radius 3 is 2.12 bits per heavy atom. The maximum absolute atomic E-state index is 11.5. The summed E-state index contributed by atoms with van der Waals surface area (Å²) < 4.78 is 10.2. The Balaban J connectivity index is 0.000000285. The van der Waals surface area contributed by atoms with Gasteiger partial charge in [0, 0.05) is 6.07 Å². The lowest BCUT2D eigenvalue weighted by atomic mass is 9.99. The number of rotatable bonds is 12. The molecule has 10 heteroatoms. The summed E-state index contributed by atoms with van der Waals surface area (Å²) >= 11 is 0. The summed E-state index contributed by atoms with van der Waals surface area (Å²) in [4.78, 5) is 26.5. The predicted molar refractivity (Wildman–Crippen MR) is 149 cm³/mol. The van der Waals surface area contributed by atoms with Crippen LogP contribution in [-0.2, 0) is 16.0 Å². The molecule has 1 unspecified atom stereocenters. The SMILES string of the molecule is CCCCCCCCCCCCc1ccc2nc3ccc(=O)cc-3oc2c1.O=C(O)[C@H]1OC(O)[C@H](O)[C@@H](O)[C@@H]1O. The molecular weight excluding hydrogens is 518 g/mol. The van der Waals surface area contributed by atoms with E-state index >= 15 is 0 Å². The van der Waals surface area contributed by atoms with Crippen molar-refractivity contribution in [2.24, 2.45) is 0 Å². The van der Waals surface area contributed by atoms with Crippen LogP contribution >= 0.6 is 0 Å². The Labute approximate surface area is 233 Å². The third-order valence-electron chi connectivity index (χ3n) is 7.07. The van der Waals surface area contributed by atoms with Crippen molar-refractivity contribution in [3.63, 3.8) is 0 Å². The van der Waals surface area contributed by atoms with E-state index in [2.05, 4.69) is 28.8 Å². The third kappa shape index (κ3) is 9.07. The molecule has 0 radical (unpaired) electrons. The Kier molecular flexibility index (Phi) is 12.5. The van der Waals surface area contributed by atoms with Crippen molar-refractivity contribution in [3.8, 4) is 11.5 Å². The summed E-state index contributed by atoms with van der Waals surface area (Å²) in [6.07, 6.45) is 5.88. The van der Waals surface area contributed by atoms with Gasteiger partial charge in [0.25, 0.3) is 0 Å². The van der Waals surface area contributed by atoms with Gasteiger partial charge in [-0.05, 0) is 42.7 Å². The van der Waals surface area contributed by atoms with Crippen molar-refractivity contribution >= 4 is 17.1 Å². The summed E-state index contributed by atoms with van der Waals surface area (Å²) in [7, 11) is 0. The number of hydrogen-bond acceptors (Lipinski definition) is 9. The largest absolute Gasteiger partial charge is 0.479 e. The number of ether oxygens (including phenoxy) is 1. The fraction of sp³-hybridized carbons (Fsp3) is 0.567. The van der Waals surface area contributed by atoms with Crippen LogP contribution in [0.1, 0.15) is 76.7 Å². The van der Waals surface area contributed by atoms with E-state index in [4.69, 9.17) is 29.9 Å². The zero-order valence-electron chi connectivity index (χ0n) is 22.9. The van der Waals surface area contributed by atoms with E-state index in [0.717, 1.165) is 23.2 Å². The first-order valence-electron chi connectivity index (χ1n) is 14.2. The van der Waals surface area contributed by atoms with E-state index in [-0.39, 0.29) is 5.43 Å². The maximum Gasteiger partial charge on any atom is 0.335 e. The van der Waals surface area contributed by atoms with Gasteiger partial charge >= 0.3 is 5.97 Å². The summed E-state index contributed by atoms with van der Waals surface area (Å²) in [5.74, 6) is -0.955. The molecule has 1 aromatic rings. The van der Waals surface area contributed by atoms with Crippen LogP contribution in [0.15, 0.2) is 45.6 Å². The first-order chi connectivity index (χ1) is 19.2. The highest BCUT2D eigenvalue weighted by atomic mass is 16.6. The second kappa shape index (κ2) is 15.8. The molecular formula is C30H41NO9. The van der Waals surface area contributed by atoms with E-state index in [1.165, 1.54) is 81.9 Å². The van der Waals surface area contributed by atoms with Crippen LogP contribution < -0.4 is 5.43 Å². The molecule has 220 valence electrons. The molecule has 10 nitrogen and oxygen atoms in total. The molecule has 4 rings (SSSR count). The number of unbranched alkanes of at least 4 members (excludes halogenated alkanes) is 9. The number of aliphatic carboxylic acids is 1. The highest BCUT2D eigenvalue weighted by Gasteiger charge is 2.46. The van der Waals surface area contributed by atoms with Crippen molar-refractivity contribution in [2.75, 3.05) is 0 Å². The van der Waals surface area contributed by atoms with Gasteiger partial charge in [0.05, 0.1) is 0 Å². The fourth-order valence-corrected chi connectivity index (χ4v) is 4.69. The number of carboxylic acid groups (broad SMARTS) is 1. The number of aliphatic hydroxyl groups excluding tert-OH is 4. The molecule has 2 aliphatic heterocycles. The summed E-state index contributed by atoms with van der Waals surface area (Å²) in [5.41, 5.74) is 3.56. The molecule has 0 bridgehead atoms. The van der Waals surface area contributed by atoms with Crippen molar-refractivity contribution < 1.29 is 39.5 Å². The molecule has 1 fully saturated rings. The zero-order valence-corrected chi connectivity index (χ0v) is 22.9. The van der Waals surface area contributed by atoms with Crippen molar-refractivity contribution in [1.29, 1.82) is 0 Å². The van der Waals surface area contributed by atoms with Crippen LogP contribution in [0, 0.1) is 0 Å². The van der Waals surface area contributed by atoms with E-state index in [9.17, 15) is 9.59 Å². The third-order valence-corrected chi connectivity index (χ3v) is 7.07. The number of aryl methyl sites for hydroxylation is 1. The lowest BCUT2D eigenvalue weighted by Gasteiger charge is -2.36. The van der Waals surface area contributed by atoms with Crippen LogP contribution in [0.5, 0.6) is 0 Å². The van der Waals surface area contributed by atoms with Gasteiger partial charge in [0.1, 0.15) is 29.5 Å². The predicted octanol–water partition coefficient (Wildman–Crippen LogP) is 3.63. The number of aliphatic hydroxyl groups is 4. The minimum Gasteiger partial charge on any atom is -0.479 e. The van der Waals surface area contributed by atoms with Gasteiger partial charge in [-0.1, -0.05) is 70.8 Å². The summed E-state index contributed by atoms with van der Waals surface area (Å²) in [6.45, 7) is 2.27. The quantitative estimate of drug-likeness (QED) is 0.163. The lowest BCUT2D eigenvalue weighted by Crippen LogP contribution is -2.59. The van der Waals surface area contributed by atoms with Gasteiger partial charge < -0.3 is 34.7 Å². The number of carboxylic acids is 1.